The van der Waals surface area contributed by atoms with E-state index in [1.807, 2.05) is 19.1 Å². The maximum Gasteiger partial charge on any atom is 0.337 e. The highest BCUT2D eigenvalue weighted by Gasteiger charge is 2.12. The summed E-state index contributed by atoms with van der Waals surface area (Å²) in [6.07, 6.45) is 3.07. The number of carbonyl (C=O) groups is 2. The van der Waals surface area contributed by atoms with Gasteiger partial charge in [0.15, 0.2) is 0 Å². The van der Waals surface area contributed by atoms with E-state index in [0.29, 0.717) is 33.9 Å². The molecule has 3 aromatic rings. The maximum atomic E-state index is 12.7. The molecule has 0 saturated carbocycles. The minimum absolute atomic E-state index is 0.312. The Bertz CT molecular complexity index is 1050. The number of carbonyl (C=O) groups excluding carboxylic acids is 2. The Morgan fingerprint density at radius 1 is 0.931 bits per heavy atom. The molecule has 7 nitrogen and oxygen atoms in total. The lowest BCUT2D eigenvalue weighted by Gasteiger charge is -2.12. The van der Waals surface area contributed by atoms with Gasteiger partial charge >= 0.3 is 5.97 Å². The standard InChI is InChI=1S/C22H21N3O4/c1-14-7-8-20(28-2)19(9-14)25-21(26)16-11-18(13-23-12-16)24-17-6-4-5-15(10-17)22(27)29-3/h4-13,24H,1-3H3,(H,25,26). The molecule has 0 aliphatic rings. The summed E-state index contributed by atoms with van der Waals surface area (Å²) >= 11 is 0. The summed E-state index contributed by atoms with van der Waals surface area (Å²) in [5.41, 5.74) is 3.67. The quantitative estimate of drug-likeness (QED) is 0.613. The van der Waals surface area contributed by atoms with Crippen molar-refractivity contribution in [3.8, 4) is 5.75 Å². The van der Waals surface area contributed by atoms with Crippen molar-refractivity contribution in [2.75, 3.05) is 24.9 Å². The first kappa shape index (κ1) is 19.9. The molecule has 29 heavy (non-hydrogen) atoms. The monoisotopic (exact) mass is 391 g/mol. The molecule has 0 bridgehead atoms. The minimum Gasteiger partial charge on any atom is -0.495 e. The molecule has 0 fully saturated rings. The molecule has 0 atom stereocenters. The number of aryl methyl sites for hydroxylation is 1. The first-order valence-electron chi connectivity index (χ1n) is 8.86. The number of methoxy groups -OCH3 is 2. The number of ether oxygens (including phenoxy) is 2. The Hall–Kier alpha value is -3.87. The summed E-state index contributed by atoms with van der Waals surface area (Å²) in [6, 6.07) is 14.1. The molecule has 1 heterocycles. The molecule has 3 rings (SSSR count). The molecule has 1 aromatic heterocycles. The zero-order valence-electron chi connectivity index (χ0n) is 16.4. The summed E-state index contributed by atoms with van der Waals surface area (Å²) in [6.45, 7) is 1.93. The fraction of sp³-hybridized carbons (Fsp3) is 0.136. The molecule has 7 heteroatoms. The van der Waals surface area contributed by atoms with Crippen molar-refractivity contribution in [3.63, 3.8) is 0 Å². The predicted molar refractivity (Wildman–Crippen MR) is 111 cm³/mol. The molecule has 0 aliphatic heterocycles. The van der Waals surface area contributed by atoms with E-state index in [0.717, 1.165) is 5.56 Å². The van der Waals surface area contributed by atoms with Crippen LogP contribution in [0.4, 0.5) is 17.1 Å². The van der Waals surface area contributed by atoms with Gasteiger partial charge in [-0.05, 0) is 48.9 Å². The summed E-state index contributed by atoms with van der Waals surface area (Å²) in [5, 5.41) is 5.99. The van der Waals surface area contributed by atoms with Crippen molar-refractivity contribution in [2.45, 2.75) is 6.92 Å². The molecular weight excluding hydrogens is 370 g/mol. The van der Waals surface area contributed by atoms with E-state index in [2.05, 4.69) is 15.6 Å². The van der Waals surface area contributed by atoms with Gasteiger partial charge in [0.1, 0.15) is 5.75 Å². The molecule has 0 spiro atoms. The van der Waals surface area contributed by atoms with Crippen molar-refractivity contribution < 1.29 is 19.1 Å². The van der Waals surface area contributed by atoms with Crippen LogP contribution in [0.5, 0.6) is 5.75 Å². The summed E-state index contributed by atoms with van der Waals surface area (Å²) in [4.78, 5) is 28.5. The van der Waals surface area contributed by atoms with Crippen molar-refractivity contribution in [1.82, 2.24) is 4.98 Å². The number of nitrogens with one attached hydrogen (secondary N) is 2. The number of benzene rings is 2. The van der Waals surface area contributed by atoms with E-state index >= 15 is 0 Å². The molecule has 0 aliphatic carbocycles. The second-order valence-electron chi connectivity index (χ2n) is 6.32. The first-order valence-corrected chi connectivity index (χ1v) is 8.86. The number of hydrogen-bond acceptors (Lipinski definition) is 6. The molecule has 1 amide bonds. The SMILES string of the molecule is COC(=O)c1cccc(Nc2cncc(C(=O)Nc3cc(C)ccc3OC)c2)c1. The zero-order valence-corrected chi connectivity index (χ0v) is 16.4. The van der Waals surface area contributed by atoms with E-state index in [1.54, 1.807) is 49.7 Å². The third-order valence-corrected chi connectivity index (χ3v) is 4.18. The van der Waals surface area contributed by atoms with E-state index in [4.69, 9.17) is 9.47 Å². The summed E-state index contributed by atoms with van der Waals surface area (Å²) in [5.74, 6) is -0.161. The van der Waals surface area contributed by atoms with Gasteiger partial charge in [0.2, 0.25) is 0 Å². The zero-order chi connectivity index (χ0) is 20.8. The smallest absolute Gasteiger partial charge is 0.337 e. The van der Waals surface area contributed by atoms with Crippen LogP contribution in [0, 0.1) is 6.92 Å². The van der Waals surface area contributed by atoms with Crippen LogP contribution in [0.15, 0.2) is 60.9 Å². The number of hydrogen-bond donors (Lipinski definition) is 2. The van der Waals surface area contributed by atoms with Gasteiger partial charge in [0.05, 0.1) is 42.9 Å². The number of anilines is 3. The van der Waals surface area contributed by atoms with Crippen LogP contribution in [0.25, 0.3) is 0 Å². The molecule has 0 radical (unpaired) electrons. The maximum absolute atomic E-state index is 12.7. The van der Waals surface area contributed by atoms with E-state index in [9.17, 15) is 9.59 Å². The molecule has 0 unspecified atom stereocenters. The van der Waals surface area contributed by atoms with Crippen LogP contribution >= 0.6 is 0 Å². The third-order valence-electron chi connectivity index (χ3n) is 4.18. The van der Waals surface area contributed by atoms with E-state index in [-0.39, 0.29) is 5.91 Å². The molecule has 2 aromatic carbocycles. The average Bonchev–Trinajstić information content (AvgIpc) is 2.73. The van der Waals surface area contributed by atoms with Crippen molar-refractivity contribution in [3.05, 3.63) is 77.6 Å². The topological polar surface area (TPSA) is 89.5 Å². The lowest BCUT2D eigenvalue weighted by atomic mass is 10.1. The Labute approximate surface area is 168 Å². The molecular formula is C22H21N3O4. The second kappa shape index (κ2) is 8.88. The van der Waals surface area contributed by atoms with Crippen molar-refractivity contribution in [2.24, 2.45) is 0 Å². The van der Waals surface area contributed by atoms with Gasteiger partial charge in [0, 0.05) is 11.9 Å². The van der Waals surface area contributed by atoms with Gasteiger partial charge in [-0.1, -0.05) is 12.1 Å². The Kier molecular flexibility index (Phi) is 6.09. The molecule has 148 valence electrons. The molecule has 2 N–H and O–H groups in total. The number of amides is 1. The minimum atomic E-state index is -0.424. The van der Waals surface area contributed by atoms with Gasteiger partial charge in [-0.3, -0.25) is 9.78 Å². The van der Waals surface area contributed by atoms with Crippen molar-refractivity contribution >= 4 is 28.9 Å². The highest BCUT2D eigenvalue weighted by Crippen LogP contribution is 2.26. The van der Waals surface area contributed by atoms with Crippen molar-refractivity contribution in [1.29, 1.82) is 0 Å². The number of esters is 1. The Balaban J connectivity index is 1.78. The van der Waals surface area contributed by atoms with E-state index in [1.165, 1.54) is 13.3 Å². The fourth-order valence-corrected chi connectivity index (χ4v) is 2.75. The second-order valence-corrected chi connectivity index (χ2v) is 6.32. The van der Waals surface area contributed by atoms with Gasteiger partial charge in [0.25, 0.3) is 5.91 Å². The van der Waals surface area contributed by atoms with Gasteiger partial charge in [-0.2, -0.15) is 0 Å². The lowest BCUT2D eigenvalue weighted by Crippen LogP contribution is -2.13. The highest BCUT2D eigenvalue weighted by molar-refractivity contribution is 6.05. The van der Waals surface area contributed by atoms with Gasteiger partial charge < -0.3 is 20.1 Å². The number of pyridine rings is 1. The van der Waals surface area contributed by atoms with E-state index < -0.39 is 5.97 Å². The number of nitrogens with zero attached hydrogens (tertiary/aromatic N) is 1. The lowest BCUT2D eigenvalue weighted by molar-refractivity contribution is 0.0600. The average molecular weight is 391 g/mol. The predicted octanol–water partition coefficient (Wildman–Crippen LogP) is 4.18. The number of rotatable bonds is 6. The van der Waals surface area contributed by atoms with Gasteiger partial charge in [-0.25, -0.2) is 4.79 Å². The largest absolute Gasteiger partial charge is 0.495 e. The highest BCUT2D eigenvalue weighted by atomic mass is 16.5. The van der Waals surface area contributed by atoms with Crippen LogP contribution in [0.1, 0.15) is 26.3 Å². The Morgan fingerprint density at radius 3 is 2.48 bits per heavy atom. The first-order chi connectivity index (χ1) is 14.0. The number of aromatic nitrogens is 1. The van der Waals surface area contributed by atoms with Crippen LogP contribution in [0.3, 0.4) is 0 Å². The Morgan fingerprint density at radius 2 is 1.72 bits per heavy atom. The van der Waals surface area contributed by atoms with Gasteiger partial charge in [-0.15, -0.1) is 0 Å². The summed E-state index contributed by atoms with van der Waals surface area (Å²) < 4.78 is 10.0. The molecule has 0 saturated heterocycles. The summed E-state index contributed by atoms with van der Waals surface area (Å²) in [7, 11) is 2.88. The van der Waals surface area contributed by atoms with Crippen LogP contribution in [-0.2, 0) is 4.74 Å². The third kappa shape index (κ3) is 4.90. The van der Waals surface area contributed by atoms with Crippen LogP contribution < -0.4 is 15.4 Å². The fourth-order valence-electron chi connectivity index (χ4n) is 2.75. The normalized spacial score (nSPS) is 10.2. The van der Waals surface area contributed by atoms with Crippen LogP contribution in [0.2, 0.25) is 0 Å². The van der Waals surface area contributed by atoms with Crippen LogP contribution in [-0.4, -0.2) is 31.1 Å².